The van der Waals surface area contributed by atoms with Crippen molar-refractivity contribution >= 4 is 5.82 Å². The van der Waals surface area contributed by atoms with Crippen molar-refractivity contribution in [1.29, 1.82) is 0 Å². The van der Waals surface area contributed by atoms with Crippen LogP contribution in [0.2, 0.25) is 0 Å². The van der Waals surface area contributed by atoms with Gasteiger partial charge in [-0.05, 0) is 0 Å². The number of benzene rings is 1. The maximum Gasteiger partial charge on any atom is 0.144 e. The maximum atomic E-state index is 4.29. The zero-order chi connectivity index (χ0) is 9.80. The number of hydrogen-bond donors (Lipinski definition) is 1. The zero-order valence-electron chi connectivity index (χ0n) is 7.94. The lowest BCUT2D eigenvalue weighted by Gasteiger charge is -2.01. The second-order valence-electron chi connectivity index (χ2n) is 2.90. The number of nitrogens with one attached hydrogen (secondary N) is 1. The lowest BCUT2D eigenvalue weighted by Crippen LogP contribution is -1.93. The molecule has 3 nitrogen and oxygen atoms in total. The number of rotatable bonds is 2. The average molecular weight is 185 g/mol. The Bertz CT molecular complexity index is 395. The Balaban J connectivity index is 2.34. The summed E-state index contributed by atoms with van der Waals surface area (Å²) >= 11 is 0. The van der Waals surface area contributed by atoms with Crippen LogP contribution < -0.4 is 5.32 Å². The molecule has 1 heterocycles. The molecular formula is C11H11N3. The van der Waals surface area contributed by atoms with Crippen molar-refractivity contribution in [1.82, 2.24) is 9.97 Å². The maximum absolute atomic E-state index is 4.29. The second-order valence-corrected chi connectivity index (χ2v) is 2.90. The average Bonchev–Trinajstić information content (AvgIpc) is 2.30. The van der Waals surface area contributed by atoms with Crippen LogP contribution in [0.15, 0.2) is 42.7 Å². The minimum atomic E-state index is 0.782. The molecule has 0 aliphatic carbocycles. The van der Waals surface area contributed by atoms with E-state index in [9.17, 15) is 0 Å². The van der Waals surface area contributed by atoms with E-state index in [4.69, 9.17) is 0 Å². The highest BCUT2D eigenvalue weighted by Crippen LogP contribution is 2.15. The predicted molar refractivity (Wildman–Crippen MR) is 57.0 cm³/mol. The summed E-state index contributed by atoms with van der Waals surface area (Å²) in [6, 6.07) is 10.00. The summed E-state index contributed by atoms with van der Waals surface area (Å²) in [7, 11) is 1.83. The third-order valence-corrected chi connectivity index (χ3v) is 1.98. The van der Waals surface area contributed by atoms with E-state index >= 15 is 0 Å². The van der Waals surface area contributed by atoms with Gasteiger partial charge in [0.15, 0.2) is 0 Å². The number of nitrogens with zero attached hydrogens (tertiary/aromatic N) is 2. The van der Waals surface area contributed by atoms with Gasteiger partial charge in [0.2, 0.25) is 0 Å². The van der Waals surface area contributed by atoms with Gasteiger partial charge in [-0.3, -0.25) is 4.98 Å². The summed E-state index contributed by atoms with van der Waals surface area (Å²) < 4.78 is 0. The van der Waals surface area contributed by atoms with E-state index in [1.165, 1.54) is 0 Å². The van der Waals surface area contributed by atoms with Crippen LogP contribution >= 0.6 is 0 Å². The largest absolute Gasteiger partial charge is 0.372 e. The van der Waals surface area contributed by atoms with Crippen molar-refractivity contribution in [3.8, 4) is 11.3 Å². The first kappa shape index (κ1) is 8.69. The molecule has 0 unspecified atom stereocenters. The van der Waals surface area contributed by atoms with Crippen molar-refractivity contribution in [2.24, 2.45) is 0 Å². The molecule has 1 N–H and O–H groups in total. The fourth-order valence-corrected chi connectivity index (χ4v) is 1.22. The number of anilines is 1. The van der Waals surface area contributed by atoms with Crippen LogP contribution in [-0.2, 0) is 0 Å². The Kier molecular flexibility index (Phi) is 2.40. The summed E-state index contributed by atoms with van der Waals surface area (Å²) in [6.07, 6.45) is 3.49. The van der Waals surface area contributed by atoms with Gasteiger partial charge < -0.3 is 5.32 Å². The lowest BCUT2D eigenvalue weighted by molar-refractivity contribution is 1.19. The van der Waals surface area contributed by atoms with Crippen molar-refractivity contribution in [2.45, 2.75) is 0 Å². The van der Waals surface area contributed by atoms with Gasteiger partial charge in [0.1, 0.15) is 5.82 Å². The van der Waals surface area contributed by atoms with Crippen LogP contribution in [0.3, 0.4) is 0 Å². The van der Waals surface area contributed by atoms with Crippen LogP contribution in [0.5, 0.6) is 0 Å². The van der Waals surface area contributed by atoms with Gasteiger partial charge in [-0.1, -0.05) is 30.3 Å². The van der Waals surface area contributed by atoms with Crippen molar-refractivity contribution in [3.05, 3.63) is 42.7 Å². The molecule has 2 rings (SSSR count). The molecule has 0 atom stereocenters. The molecule has 2 aromatic rings. The molecule has 1 aromatic carbocycles. The molecule has 0 spiro atoms. The Hall–Kier alpha value is -1.90. The Morgan fingerprint density at radius 1 is 1.00 bits per heavy atom. The van der Waals surface area contributed by atoms with Gasteiger partial charge in [-0.25, -0.2) is 4.98 Å². The van der Waals surface area contributed by atoms with E-state index in [-0.39, 0.29) is 0 Å². The molecule has 0 aliphatic heterocycles. The highest BCUT2D eigenvalue weighted by Gasteiger charge is 1.97. The van der Waals surface area contributed by atoms with Crippen LogP contribution in [-0.4, -0.2) is 17.0 Å². The standard InChI is InChI=1S/C11H11N3/c1-12-11-8-13-10(7-14-11)9-5-3-2-4-6-9/h2-8H,1H3,(H,12,14). The highest BCUT2D eigenvalue weighted by atomic mass is 15.0. The Morgan fingerprint density at radius 3 is 2.36 bits per heavy atom. The van der Waals surface area contributed by atoms with Gasteiger partial charge in [0, 0.05) is 12.6 Å². The fraction of sp³-hybridized carbons (Fsp3) is 0.0909. The van der Waals surface area contributed by atoms with Crippen LogP contribution in [0.25, 0.3) is 11.3 Å². The third kappa shape index (κ3) is 1.71. The molecule has 0 amide bonds. The quantitative estimate of drug-likeness (QED) is 0.779. The van der Waals surface area contributed by atoms with Crippen LogP contribution in [0.1, 0.15) is 0 Å². The molecule has 0 aliphatic rings. The first-order chi connectivity index (χ1) is 6.90. The molecule has 3 heteroatoms. The molecule has 1 aromatic heterocycles. The van der Waals surface area contributed by atoms with E-state index in [1.54, 1.807) is 12.4 Å². The molecule has 0 bridgehead atoms. The molecule has 14 heavy (non-hydrogen) atoms. The number of hydrogen-bond acceptors (Lipinski definition) is 3. The number of aromatic nitrogens is 2. The summed E-state index contributed by atoms with van der Waals surface area (Å²) in [5.74, 6) is 0.782. The summed E-state index contributed by atoms with van der Waals surface area (Å²) in [4.78, 5) is 8.49. The smallest absolute Gasteiger partial charge is 0.144 e. The second kappa shape index (κ2) is 3.87. The molecular weight excluding hydrogens is 174 g/mol. The van der Waals surface area contributed by atoms with Gasteiger partial charge in [0.25, 0.3) is 0 Å². The Labute approximate surface area is 82.8 Å². The van der Waals surface area contributed by atoms with E-state index in [1.807, 2.05) is 37.4 Å². The van der Waals surface area contributed by atoms with Crippen molar-refractivity contribution in [2.75, 3.05) is 12.4 Å². The van der Waals surface area contributed by atoms with Gasteiger partial charge in [-0.15, -0.1) is 0 Å². The predicted octanol–water partition coefficient (Wildman–Crippen LogP) is 2.19. The van der Waals surface area contributed by atoms with E-state index in [0.29, 0.717) is 0 Å². The van der Waals surface area contributed by atoms with E-state index < -0.39 is 0 Å². The lowest BCUT2D eigenvalue weighted by atomic mass is 10.2. The van der Waals surface area contributed by atoms with Crippen LogP contribution in [0.4, 0.5) is 5.82 Å². The van der Waals surface area contributed by atoms with Crippen LogP contribution in [0, 0.1) is 0 Å². The van der Waals surface area contributed by atoms with Gasteiger partial charge >= 0.3 is 0 Å². The topological polar surface area (TPSA) is 37.8 Å². The zero-order valence-corrected chi connectivity index (χ0v) is 7.94. The molecule has 0 saturated carbocycles. The highest BCUT2D eigenvalue weighted by molar-refractivity contribution is 5.58. The monoisotopic (exact) mass is 185 g/mol. The van der Waals surface area contributed by atoms with E-state index in [0.717, 1.165) is 17.1 Å². The van der Waals surface area contributed by atoms with Crippen molar-refractivity contribution < 1.29 is 0 Å². The molecule has 0 fully saturated rings. The molecule has 0 radical (unpaired) electrons. The SMILES string of the molecule is CNc1cnc(-c2ccccc2)cn1. The minimum absolute atomic E-state index is 0.782. The van der Waals surface area contributed by atoms with Gasteiger partial charge in [0.05, 0.1) is 18.1 Å². The first-order valence-electron chi connectivity index (χ1n) is 4.45. The van der Waals surface area contributed by atoms with E-state index in [2.05, 4.69) is 15.3 Å². The minimum Gasteiger partial charge on any atom is -0.372 e. The summed E-state index contributed by atoms with van der Waals surface area (Å²) in [5, 5.41) is 2.93. The van der Waals surface area contributed by atoms with Gasteiger partial charge in [-0.2, -0.15) is 0 Å². The third-order valence-electron chi connectivity index (χ3n) is 1.98. The normalized spacial score (nSPS) is 9.79. The first-order valence-corrected chi connectivity index (χ1v) is 4.45. The van der Waals surface area contributed by atoms with Crippen molar-refractivity contribution in [3.63, 3.8) is 0 Å². The molecule has 70 valence electrons. The summed E-state index contributed by atoms with van der Waals surface area (Å²) in [6.45, 7) is 0. The Morgan fingerprint density at radius 2 is 1.79 bits per heavy atom. The molecule has 0 saturated heterocycles. The fourth-order valence-electron chi connectivity index (χ4n) is 1.22. The summed E-state index contributed by atoms with van der Waals surface area (Å²) in [5.41, 5.74) is 1.98.